The van der Waals surface area contributed by atoms with Gasteiger partial charge < -0.3 is 19.1 Å². The van der Waals surface area contributed by atoms with Crippen LogP contribution in [0.5, 0.6) is 5.75 Å². The smallest absolute Gasteiger partial charge is 0.297 e. The van der Waals surface area contributed by atoms with Crippen molar-refractivity contribution in [3.8, 4) is 5.75 Å². The number of benzene rings is 3. The van der Waals surface area contributed by atoms with Gasteiger partial charge in [0.2, 0.25) is 0 Å². The molecule has 3 aromatic carbocycles. The minimum atomic E-state index is -3.79. The van der Waals surface area contributed by atoms with Gasteiger partial charge in [-0.1, -0.05) is 35.9 Å². The maximum Gasteiger partial charge on any atom is 0.297 e. The van der Waals surface area contributed by atoms with Crippen molar-refractivity contribution < 1.29 is 31.6 Å². The van der Waals surface area contributed by atoms with Gasteiger partial charge in [-0.3, -0.25) is 8.98 Å². The van der Waals surface area contributed by atoms with Crippen LogP contribution in [0.2, 0.25) is 0 Å². The molecule has 0 aliphatic heterocycles. The maximum atomic E-state index is 12.5. The summed E-state index contributed by atoms with van der Waals surface area (Å²) in [5.74, 6) is 0.557. The average Bonchev–Trinajstić information content (AvgIpc) is 2.93. The first-order chi connectivity index (χ1) is 18.7. The normalized spacial score (nSPS) is 11.6. The van der Waals surface area contributed by atoms with Gasteiger partial charge in [0.1, 0.15) is 12.4 Å². The lowest BCUT2D eigenvalue weighted by Gasteiger charge is -2.11. The van der Waals surface area contributed by atoms with Crippen molar-refractivity contribution in [2.75, 3.05) is 58.6 Å². The monoisotopic (exact) mass is 553 g/mol. The van der Waals surface area contributed by atoms with Crippen molar-refractivity contribution in [3.05, 3.63) is 95.6 Å². The number of ketones is 1. The molecular weight excluding hydrogens is 518 g/mol. The van der Waals surface area contributed by atoms with Crippen molar-refractivity contribution in [2.45, 2.75) is 11.8 Å². The first-order valence-electron chi connectivity index (χ1n) is 12.6. The van der Waals surface area contributed by atoms with E-state index in [0.717, 1.165) is 16.8 Å². The number of carbonyl (C=O) groups is 1. The predicted octanol–water partition coefficient (Wildman–Crippen LogP) is 4.77. The van der Waals surface area contributed by atoms with E-state index in [1.165, 1.54) is 12.1 Å². The predicted molar refractivity (Wildman–Crippen MR) is 152 cm³/mol. The summed E-state index contributed by atoms with van der Waals surface area (Å²) < 4.78 is 45.6. The molecule has 0 N–H and O–H groups in total. The van der Waals surface area contributed by atoms with Gasteiger partial charge in [0.05, 0.1) is 37.9 Å². The van der Waals surface area contributed by atoms with Gasteiger partial charge in [-0.25, -0.2) is 0 Å². The van der Waals surface area contributed by atoms with Crippen LogP contribution in [0.4, 0.5) is 5.69 Å². The number of hydrogen-bond donors (Lipinski definition) is 0. The summed E-state index contributed by atoms with van der Waals surface area (Å²) in [5.41, 5.74) is 3.60. The zero-order chi connectivity index (χ0) is 28.1. The van der Waals surface area contributed by atoms with Crippen LogP contribution < -0.4 is 9.64 Å². The molecule has 0 aliphatic carbocycles. The molecule has 0 aliphatic rings. The third-order valence-corrected chi connectivity index (χ3v) is 6.95. The van der Waals surface area contributed by atoms with Crippen LogP contribution in [-0.2, 0) is 23.8 Å². The summed E-state index contributed by atoms with van der Waals surface area (Å²) in [6.45, 7) is 3.29. The number of rotatable bonds is 16. The van der Waals surface area contributed by atoms with E-state index in [0.29, 0.717) is 37.7 Å². The second-order valence-electron chi connectivity index (χ2n) is 8.87. The van der Waals surface area contributed by atoms with Crippen molar-refractivity contribution in [1.29, 1.82) is 0 Å². The first kappa shape index (κ1) is 30.0. The Hall–Kier alpha value is -3.50. The minimum Gasteiger partial charge on any atom is -0.491 e. The summed E-state index contributed by atoms with van der Waals surface area (Å²) in [7, 11) is 0.179. The van der Waals surface area contributed by atoms with Gasteiger partial charge in [-0.15, -0.1) is 0 Å². The second-order valence-corrected chi connectivity index (χ2v) is 10.5. The van der Waals surface area contributed by atoms with E-state index in [4.69, 9.17) is 18.4 Å². The van der Waals surface area contributed by atoms with E-state index in [1.54, 1.807) is 48.6 Å². The third kappa shape index (κ3) is 10.3. The zero-order valence-electron chi connectivity index (χ0n) is 22.5. The molecule has 0 radical (unpaired) electrons. The van der Waals surface area contributed by atoms with Crippen LogP contribution >= 0.6 is 0 Å². The Kier molecular flexibility index (Phi) is 11.7. The number of ether oxygens (including phenoxy) is 3. The quantitative estimate of drug-likeness (QED) is 0.108. The minimum absolute atomic E-state index is 0.0719. The van der Waals surface area contributed by atoms with Crippen molar-refractivity contribution >= 4 is 27.7 Å². The molecule has 0 spiro atoms. The zero-order valence-corrected chi connectivity index (χ0v) is 23.4. The Morgan fingerprint density at radius 1 is 0.769 bits per heavy atom. The molecule has 39 heavy (non-hydrogen) atoms. The fraction of sp³-hybridized carbons (Fsp3) is 0.300. The Labute approximate surface area is 230 Å². The van der Waals surface area contributed by atoms with Gasteiger partial charge in [-0.2, -0.15) is 8.42 Å². The first-order valence-corrected chi connectivity index (χ1v) is 14.0. The van der Waals surface area contributed by atoms with Crippen molar-refractivity contribution in [3.63, 3.8) is 0 Å². The standard InChI is InChI=1S/C30H35NO7S/c1-24-4-15-29(16-5-24)39(33,34)38-23-21-36-19-18-35-20-22-37-28-13-9-26(10-14-28)30(32)17-8-25-6-11-27(12-7-25)31(2)3/h4-17H,18-23H2,1-3H3/b17-8+. The molecule has 0 saturated carbocycles. The summed E-state index contributed by atoms with van der Waals surface area (Å²) in [6.07, 6.45) is 3.36. The Bertz CT molecular complexity index is 1300. The highest BCUT2D eigenvalue weighted by molar-refractivity contribution is 7.86. The summed E-state index contributed by atoms with van der Waals surface area (Å²) in [6, 6.07) is 21.4. The van der Waals surface area contributed by atoms with Crippen LogP contribution in [0, 0.1) is 6.92 Å². The summed E-state index contributed by atoms with van der Waals surface area (Å²) >= 11 is 0. The molecule has 3 aromatic rings. The maximum absolute atomic E-state index is 12.5. The number of hydrogen-bond acceptors (Lipinski definition) is 8. The molecule has 0 unspecified atom stereocenters. The molecule has 0 heterocycles. The van der Waals surface area contributed by atoms with E-state index in [-0.39, 0.29) is 23.9 Å². The number of anilines is 1. The molecule has 208 valence electrons. The van der Waals surface area contributed by atoms with Crippen LogP contribution in [-0.4, -0.2) is 67.9 Å². The van der Waals surface area contributed by atoms with Crippen molar-refractivity contribution in [2.24, 2.45) is 0 Å². The second kappa shape index (κ2) is 15.2. The Balaban J connectivity index is 1.25. The topological polar surface area (TPSA) is 91.4 Å². The van der Waals surface area contributed by atoms with Gasteiger partial charge in [0.15, 0.2) is 5.78 Å². The molecule has 0 saturated heterocycles. The highest BCUT2D eigenvalue weighted by atomic mass is 32.2. The lowest BCUT2D eigenvalue weighted by Crippen LogP contribution is -2.14. The van der Waals surface area contributed by atoms with E-state index < -0.39 is 10.1 Å². The fourth-order valence-corrected chi connectivity index (χ4v) is 4.28. The average molecular weight is 554 g/mol. The van der Waals surface area contributed by atoms with Crippen LogP contribution in [0.3, 0.4) is 0 Å². The molecular formula is C30H35NO7S. The molecule has 9 heteroatoms. The lowest BCUT2D eigenvalue weighted by molar-refractivity contribution is 0.0279. The summed E-state index contributed by atoms with van der Waals surface area (Å²) in [5, 5.41) is 0. The third-order valence-electron chi connectivity index (χ3n) is 5.62. The van der Waals surface area contributed by atoms with Gasteiger partial charge in [0.25, 0.3) is 10.1 Å². The van der Waals surface area contributed by atoms with Crippen molar-refractivity contribution in [1.82, 2.24) is 0 Å². The molecule has 0 fully saturated rings. The Morgan fingerprint density at radius 2 is 1.36 bits per heavy atom. The highest BCUT2D eigenvalue weighted by Crippen LogP contribution is 2.16. The van der Waals surface area contributed by atoms with Gasteiger partial charge in [0, 0.05) is 25.3 Å². The molecule has 0 bridgehead atoms. The number of allylic oxidation sites excluding steroid dienone is 1. The Morgan fingerprint density at radius 3 is 1.97 bits per heavy atom. The molecule has 8 nitrogen and oxygen atoms in total. The van der Waals surface area contributed by atoms with Gasteiger partial charge >= 0.3 is 0 Å². The molecule has 3 rings (SSSR count). The van der Waals surface area contributed by atoms with E-state index >= 15 is 0 Å². The number of carbonyl (C=O) groups excluding carboxylic acids is 1. The molecule has 0 amide bonds. The molecule has 0 aromatic heterocycles. The number of nitrogens with zero attached hydrogens (tertiary/aromatic N) is 1. The lowest BCUT2D eigenvalue weighted by atomic mass is 10.1. The van der Waals surface area contributed by atoms with E-state index in [9.17, 15) is 13.2 Å². The number of aryl methyl sites for hydroxylation is 1. The molecule has 0 atom stereocenters. The van der Waals surface area contributed by atoms with Crippen LogP contribution in [0.25, 0.3) is 6.08 Å². The summed E-state index contributed by atoms with van der Waals surface area (Å²) in [4.78, 5) is 14.6. The highest BCUT2D eigenvalue weighted by Gasteiger charge is 2.14. The largest absolute Gasteiger partial charge is 0.491 e. The van der Waals surface area contributed by atoms with E-state index in [2.05, 4.69) is 0 Å². The van der Waals surface area contributed by atoms with E-state index in [1.807, 2.05) is 50.2 Å². The van der Waals surface area contributed by atoms with Crippen LogP contribution in [0.1, 0.15) is 21.5 Å². The fourth-order valence-electron chi connectivity index (χ4n) is 3.38. The van der Waals surface area contributed by atoms with Crippen LogP contribution in [0.15, 0.2) is 83.8 Å². The van der Waals surface area contributed by atoms with Gasteiger partial charge in [-0.05, 0) is 67.1 Å². The SMILES string of the molecule is Cc1ccc(S(=O)(=O)OCCOCCOCCOc2ccc(C(=O)/C=C/c3ccc(N(C)C)cc3)cc2)cc1.